The van der Waals surface area contributed by atoms with Gasteiger partial charge in [0.1, 0.15) is 54.9 Å². The molecule has 26 atom stereocenters. The van der Waals surface area contributed by atoms with Gasteiger partial charge < -0.3 is 90.1 Å². The summed E-state index contributed by atoms with van der Waals surface area (Å²) in [6.45, 7) is 16.3. The molecule has 0 aromatic heterocycles. The van der Waals surface area contributed by atoms with E-state index >= 15 is 0 Å². The second kappa shape index (κ2) is 19.1. The SMILES string of the molecule is C[C@@H]1O[C@@H](O[C@@H]2[C@@H](O)[C@H](O)[C@@H](CO)C[C@H]2O[C@H]2C[C@]3(C)[C@H](C[C@H](O)[C@H]4[C@H]([C@](C)(C/C=C/C(C)(C)O)O[C@@H]5O[C@H](CO)[C@@H](O)[C@H](O)[C@H]5O)CC[C@]43C)[C@]3(C)CC[C@@H](O)C(C)(C)[C@@H]23)[C@H](O)[C@H](O)[C@H]1O. The topological polar surface area (TPSA) is 309 Å². The molecule has 7 fully saturated rings. The molecule has 7 aliphatic rings. The summed E-state index contributed by atoms with van der Waals surface area (Å²) >= 11 is 0. The molecule has 2 saturated heterocycles. The van der Waals surface area contributed by atoms with Crippen LogP contribution in [-0.2, 0) is 23.7 Å². The third kappa shape index (κ3) is 9.15. The normalized spacial score (nSPS) is 53.4. The van der Waals surface area contributed by atoms with Gasteiger partial charge in [0.2, 0.25) is 0 Å². The predicted molar refractivity (Wildman–Crippen MR) is 238 cm³/mol. The average Bonchev–Trinajstić information content (AvgIpc) is 3.64. The summed E-state index contributed by atoms with van der Waals surface area (Å²) in [7, 11) is 0. The van der Waals surface area contributed by atoms with Crippen molar-refractivity contribution in [3.8, 4) is 0 Å². The second-order valence-electron chi connectivity index (χ2n) is 24.0. The number of fused-ring (bicyclic) bond motifs is 5. The zero-order valence-electron chi connectivity index (χ0n) is 40.8. The number of rotatable bonds is 12. The molecule has 0 amide bonds. The van der Waals surface area contributed by atoms with Crippen LogP contribution in [0.1, 0.15) is 114 Å². The Balaban J connectivity index is 1.28. The van der Waals surface area contributed by atoms with Crippen molar-refractivity contribution in [3.63, 3.8) is 0 Å². The molecule has 67 heavy (non-hydrogen) atoms. The van der Waals surface area contributed by atoms with Crippen LogP contribution in [0.15, 0.2) is 12.2 Å². The molecule has 18 heteroatoms. The summed E-state index contributed by atoms with van der Waals surface area (Å²) in [4.78, 5) is 0. The Labute approximate surface area is 394 Å². The van der Waals surface area contributed by atoms with E-state index in [0.29, 0.717) is 38.5 Å². The third-order valence-electron chi connectivity index (χ3n) is 19.1. The molecular weight excluding hydrogens is 877 g/mol. The molecule has 13 N–H and O–H groups in total. The van der Waals surface area contributed by atoms with Crippen molar-refractivity contribution in [3.05, 3.63) is 12.2 Å². The fraction of sp³-hybridized carbons (Fsp3) is 0.959. The zero-order valence-corrected chi connectivity index (χ0v) is 40.8. The Bertz CT molecular complexity index is 1730. The maximum absolute atomic E-state index is 12.8. The Morgan fingerprint density at radius 1 is 0.672 bits per heavy atom. The number of hydrogen-bond acceptors (Lipinski definition) is 18. The van der Waals surface area contributed by atoms with Crippen LogP contribution in [0, 0.1) is 51.2 Å². The third-order valence-corrected chi connectivity index (χ3v) is 19.1. The van der Waals surface area contributed by atoms with Gasteiger partial charge in [-0.3, -0.25) is 0 Å². The summed E-state index contributed by atoms with van der Waals surface area (Å²) < 4.78 is 32.1. The molecule has 0 aromatic carbocycles. The molecule has 0 radical (unpaired) electrons. The van der Waals surface area contributed by atoms with Crippen LogP contribution in [0.4, 0.5) is 0 Å². The van der Waals surface area contributed by atoms with Crippen LogP contribution in [0.2, 0.25) is 0 Å². The van der Waals surface area contributed by atoms with Gasteiger partial charge in [0, 0.05) is 12.5 Å². The number of ether oxygens (including phenoxy) is 5. The molecule has 5 saturated carbocycles. The lowest BCUT2D eigenvalue weighted by molar-refractivity contribution is -0.342. The molecule has 2 heterocycles. The Morgan fingerprint density at radius 2 is 1.31 bits per heavy atom. The van der Waals surface area contributed by atoms with Crippen molar-refractivity contribution >= 4 is 0 Å². The van der Waals surface area contributed by atoms with E-state index < -0.39 is 168 Å². The quantitative estimate of drug-likeness (QED) is 0.111. The molecule has 18 nitrogen and oxygen atoms in total. The minimum absolute atomic E-state index is 0.0402. The van der Waals surface area contributed by atoms with E-state index in [2.05, 4.69) is 20.8 Å². The van der Waals surface area contributed by atoms with Crippen LogP contribution in [0.5, 0.6) is 0 Å². The summed E-state index contributed by atoms with van der Waals surface area (Å²) in [5, 5.41) is 143. The summed E-state index contributed by atoms with van der Waals surface area (Å²) in [5.41, 5.74) is -4.83. The van der Waals surface area contributed by atoms with Gasteiger partial charge in [0.15, 0.2) is 12.6 Å². The minimum atomic E-state index is -1.71. The van der Waals surface area contributed by atoms with Crippen molar-refractivity contribution in [1.82, 2.24) is 0 Å². The highest BCUT2D eigenvalue weighted by molar-refractivity contribution is 5.22. The van der Waals surface area contributed by atoms with Gasteiger partial charge in [-0.25, -0.2) is 0 Å². The Kier molecular flexibility index (Phi) is 15.4. The maximum Gasteiger partial charge on any atom is 0.187 e. The van der Waals surface area contributed by atoms with Crippen molar-refractivity contribution < 1.29 is 90.1 Å². The summed E-state index contributed by atoms with van der Waals surface area (Å²) in [6, 6.07) is 0. The highest BCUT2D eigenvalue weighted by Crippen LogP contribution is 2.76. The Hall–Kier alpha value is -0.980. The van der Waals surface area contributed by atoms with Crippen LogP contribution < -0.4 is 0 Å². The fourth-order valence-electron chi connectivity index (χ4n) is 15.3. The fourth-order valence-corrected chi connectivity index (χ4v) is 15.3. The van der Waals surface area contributed by atoms with Crippen LogP contribution in [0.25, 0.3) is 0 Å². The lowest BCUT2D eigenvalue weighted by Gasteiger charge is -2.72. The maximum atomic E-state index is 12.8. The van der Waals surface area contributed by atoms with Gasteiger partial charge in [-0.1, -0.05) is 46.8 Å². The van der Waals surface area contributed by atoms with Gasteiger partial charge >= 0.3 is 0 Å². The van der Waals surface area contributed by atoms with E-state index in [0.717, 1.165) is 0 Å². The van der Waals surface area contributed by atoms with Crippen molar-refractivity contribution in [2.24, 2.45) is 51.2 Å². The number of hydrogen-bond donors (Lipinski definition) is 13. The summed E-state index contributed by atoms with van der Waals surface area (Å²) in [5.74, 6) is -2.03. The van der Waals surface area contributed by atoms with Gasteiger partial charge in [-0.05, 0) is 124 Å². The molecule has 7 rings (SSSR count). The van der Waals surface area contributed by atoms with Crippen molar-refractivity contribution in [1.29, 1.82) is 0 Å². The van der Waals surface area contributed by atoms with E-state index in [1.54, 1.807) is 26.0 Å². The smallest absolute Gasteiger partial charge is 0.187 e. The monoisotopic (exact) mass is 961 g/mol. The minimum Gasteiger partial charge on any atom is -0.396 e. The highest BCUT2D eigenvalue weighted by atomic mass is 16.7. The lowest BCUT2D eigenvalue weighted by atomic mass is 9.34. The largest absolute Gasteiger partial charge is 0.396 e. The van der Waals surface area contributed by atoms with Gasteiger partial charge in [-0.2, -0.15) is 0 Å². The summed E-state index contributed by atoms with van der Waals surface area (Å²) in [6.07, 6.45) is -15.6. The van der Waals surface area contributed by atoms with Crippen LogP contribution in [-0.4, -0.2) is 195 Å². The van der Waals surface area contributed by atoms with E-state index in [9.17, 15) is 66.4 Å². The molecule has 388 valence electrons. The van der Waals surface area contributed by atoms with Gasteiger partial charge in [0.25, 0.3) is 0 Å². The first-order chi connectivity index (χ1) is 31.0. The predicted octanol–water partition coefficient (Wildman–Crippen LogP) is -0.394. The lowest BCUT2D eigenvalue weighted by Crippen LogP contribution is -2.71. The van der Waals surface area contributed by atoms with Gasteiger partial charge in [0.05, 0.1) is 54.4 Å². The van der Waals surface area contributed by atoms with E-state index in [1.165, 1.54) is 6.92 Å². The van der Waals surface area contributed by atoms with Gasteiger partial charge in [-0.15, -0.1) is 0 Å². The molecule has 5 aliphatic carbocycles. The highest BCUT2D eigenvalue weighted by Gasteiger charge is 2.74. The second-order valence-corrected chi connectivity index (χ2v) is 24.0. The van der Waals surface area contributed by atoms with Crippen LogP contribution in [0.3, 0.4) is 0 Å². The first-order valence-corrected chi connectivity index (χ1v) is 24.7. The molecule has 0 unspecified atom stereocenters. The zero-order chi connectivity index (χ0) is 49.7. The molecular formula is C49H84O18. The molecule has 0 aromatic rings. The van der Waals surface area contributed by atoms with Crippen molar-refractivity contribution in [2.75, 3.05) is 13.2 Å². The average molecular weight is 961 g/mol. The molecule has 0 spiro atoms. The molecule has 0 bridgehead atoms. The number of aliphatic hydroxyl groups excluding tert-OH is 12. The standard InChI is InChI=1S/C49H84O18/c1-22-32(54)35(57)38(60)42(63-22)66-40-26(17-23(20-50)33(55)37(40)59)64-27-19-48(8)29(46(6)15-12-30(53)45(4,5)41(27)46)18-25(52)31-24(11-16-47(31,48)7)49(9,14-10-13-44(2,3)62)67-43-39(61)36(58)34(56)28(21-51)65-43/h10,13,22-43,50-62H,11-12,14-21H2,1-9H3/b13-10+/t22-,23+,24+,25-,26+,27-,28+,29+,30+,31+,32-,33+,34+,35+,36-,37-,38+,39+,40-,41+,42-,43-,46-,47+,48+,49-/m0/s1. The molecule has 2 aliphatic heterocycles. The van der Waals surface area contributed by atoms with E-state index in [1.807, 2.05) is 20.8 Å². The van der Waals surface area contributed by atoms with E-state index in [-0.39, 0.29) is 24.7 Å². The first-order valence-electron chi connectivity index (χ1n) is 24.7. The number of aliphatic hydroxyl groups is 13. The first kappa shape index (κ1) is 53.8. The van der Waals surface area contributed by atoms with Crippen LogP contribution >= 0.6 is 0 Å². The Morgan fingerprint density at radius 3 is 1.94 bits per heavy atom. The van der Waals surface area contributed by atoms with E-state index in [4.69, 9.17) is 23.7 Å². The van der Waals surface area contributed by atoms with Crippen molar-refractivity contribution in [2.45, 2.75) is 229 Å².